The first kappa shape index (κ1) is 22.8. The smallest absolute Gasteiger partial charge is 0.279 e. The third kappa shape index (κ3) is 4.43. The fourth-order valence-corrected chi connectivity index (χ4v) is 5.73. The number of non-ortho nitro benzene ring substituents is 1. The van der Waals surface area contributed by atoms with Crippen LogP contribution >= 0.6 is 11.3 Å². The van der Waals surface area contributed by atoms with E-state index in [4.69, 9.17) is 0 Å². The van der Waals surface area contributed by atoms with E-state index in [0.29, 0.717) is 30.0 Å². The standard InChI is InChI=1S/C20H22N4O5S2/c1-4-22(5-2)31(28,29)16-10-7-14(8-11-16)19(25)21-20-23(6-3)17-13-15(24(26)27)9-12-18(17)30-20/h7-13H,4-6H2,1-3H3. The van der Waals surface area contributed by atoms with E-state index in [2.05, 4.69) is 4.99 Å². The molecule has 0 N–H and O–H groups in total. The minimum absolute atomic E-state index is 0.0321. The highest BCUT2D eigenvalue weighted by atomic mass is 32.2. The van der Waals surface area contributed by atoms with Gasteiger partial charge in [0.05, 0.1) is 20.0 Å². The third-order valence-corrected chi connectivity index (χ3v) is 7.96. The van der Waals surface area contributed by atoms with Crippen molar-refractivity contribution in [2.24, 2.45) is 4.99 Å². The van der Waals surface area contributed by atoms with Gasteiger partial charge in [-0.25, -0.2) is 8.42 Å². The van der Waals surface area contributed by atoms with Gasteiger partial charge in [0.15, 0.2) is 4.80 Å². The molecule has 9 nitrogen and oxygen atoms in total. The fourth-order valence-electron chi connectivity index (χ4n) is 3.20. The van der Waals surface area contributed by atoms with Crippen molar-refractivity contribution >= 4 is 43.2 Å². The predicted octanol–water partition coefficient (Wildman–Crippen LogP) is 3.40. The molecule has 1 amide bonds. The van der Waals surface area contributed by atoms with Crippen LogP contribution in [0.25, 0.3) is 10.2 Å². The van der Waals surface area contributed by atoms with Crippen LogP contribution in [0.15, 0.2) is 52.4 Å². The van der Waals surface area contributed by atoms with E-state index in [0.717, 1.165) is 4.70 Å². The highest BCUT2D eigenvalue weighted by Crippen LogP contribution is 2.23. The number of sulfonamides is 1. The normalized spacial score (nSPS) is 12.6. The van der Waals surface area contributed by atoms with Crippen molar-refractivity contribution in [3.05, 3.63) is 62.9 Å². The van der Waals surface area contributed by atoms with Crippen LogP contribution < -0.4 is 4.80 Å². The average molecular weight is 463 g/mol. The van der Waals surface area contributed by atoms with Gasteiger partial charge in [0.25, 0.3) is 11.6 Å². The monoisotopic (exact) mass is 462 g/mol. The number of fused-ring (bicyclic) bond motifs is 1. The lowest BCUT2D eigenvalue weighted by Crippen LogP contribution is -2.30. The number of hydrogen-bond donors (Lipinski definition) is 0. The molecule has 0 aliphatic heterocycles. The van der Waals surface area contributed by atoms with Gasteiger partial charge in [0.1, 0.15) is 0 Å². The van der Waals surface area contributed by atoms with Gasteiger partial charge < -0.3 is 4.57 Å². The molecule has 0 saturated heterocycles. The lowest BCUT2D eigenvalue weighted by molar-refractivity contribution is -0.384. The van der Waals surface area contributed by atoms with Crippen LogP contribution in [0.4, 0.5) is 5.69 Å². The molecule has 164 valence electrons. The van der Waals surface area contributed by atoms with Crippen molar-refractivity contribution in [1.29, 1.82) is 0 Å². The summed E-state index contributed by atoms with van der Waals surface area (Å²) in [6.45, 7) is 6.59. The Morgan fingerprint density at radius 2 is 1.77 bits per heavy atom. The lowest BCUT2D eigenvalue weighted by atomic mass is 10.2. The van der Waals surface area contributed by atoms with E-state index in [1.807, 2.05) is 6.92 Å². The summed E-state index contributed by atoms with van der Waals surface area (Å²) in [7, 11) is -3.61. The van der Waals surface area contributed by atoms with Crippen molar-refractivity contribution < 1.29 is 18.1 Å². The van der Waals surface area contributed by atoms with Crippen molar-refractivity contribution in [2.75, 3.05) is 13.1 Å². The van der Waals surface area contributed by atoms with E-state index < -0.39 is 20.9 Å². The summed E-state index contributed by atoms with van der Waals surface area (Å²) in [5.41, 5.74) is 0.855. The van der Waals surface area contributed by atoms with Crippen LogP contribution in [-0.4, -0.2) is 41.2 Å². The van der Waals surface area contributed by atoms with E-state index >= 15 is 0 Å². The van der Waals surface area contributed by atoms with Crippen molar-refractivity contribution in [3.8, 4) is 0 Å². The Morgan fingerprint density at radius 1 is 1.13 bits per heavy atom. The van der Waals surface area contributed by atoms with Crippen molar-refractivity contribution in [3.63, 3.8) is 0 Å². The van der Waals surface area contributed by atoms with Crippen LogP contribution in [0, 0.1) is 10.1 Å². The number of nitro groups is 1. The van der Waals surface area contributed by atoms with E-state index in [1.54, 1.807) is 24.5 Å². The second kappa shape index (κ2) is 9.08. The Hall–Kier alpha value is -2.89. The number of amides is 1. The Balaban J connectivity index is 1.99. The summed E-state index contributed by atoms with van der Waals surface area (Å²) in [6, 6.07) is 10.2. The summed E-state index contributed by atoms with van der Waals surface area (Å²) >= 11 is 1.26. The largest absolute Gasteiger partial charge is 0.316 e. The van der Waals surface area contributed by atoms with Gasteiger partial charge in [-0.05, 0) is 37.3 Å². The van der Waals surface area contributed by atoms with Gasteiger partial charge in [-0.15, -0.1) is 0 Å². The van der Waals surface area contributed by atoms with Crippen LogP contribution in [0.2, 0.25) is 0 Å². The molecule has 3 aromatic rings. The van der Waals surface area contributed by atoms with Gasteiger partial charge in [-0.1, -0.05) is 25.2 Å². The van der Waals surface area contributed by atoms with Gasteiger partial charge in [0.2, 0.25) is 10.0 Å². The predicted molar refractivity (Wildman–Crippen MR) is 119 cm³/mol. The number of carbonyl (C=O) groups excluding carboxylic acids is 1. The van der Waals surface area contributed by atoms with Gasteiger partial charge in [-0.3, -0.25) is 14.9 Å². The number of benzene rings is 2. The third-order valence-electron chi connectivity index (χ3n) is 4.83. The van der Waals surface area contributed by atoms with Crippen LogP contribution in [-0.2, 0) is 16.6 Å². The second-order valence-electron chi connectivity index (χ2n) is 6.57. The Bertz CT molecular complexity index is 1300. The maximum absolute atomic E-state index is 12.7. The highest BCUT2D eigenvalue weighted by Gasteiger charge is 2.21. The number of nitrogens with zero attached hydrogens (tertiary/aromatic N) is 4. The number of carbonyl (C=O) groups is 1. The molecule has 0 spiro atoms. The number of thiazole rings is 1. The zero-order chi connectivity index (χ0) is 22.8. The molecular formula is C20H22N4O5S2. The summed E-state index contributed by atoms with van der Waals surface area (Å²) in [4.78, 5) is 28.0. The molecule has 1 heterocycles. The molecule has 31 heavy (non-hydrogen) atoms. The minimum Gasteiger partial charge on any atom is -0.316 e. The Labute approximate surface area is 183 Å². The summed E-state index contributed by atoms with van der Waals surface area (Å²) < 4.78 is 29.0. The summed E-state index contributed by atoms with van der Waals surface area (Å²) in [5, 5.41) is 11.1. The molecule has 2 aromatic carbocycles. The summed E-state index contributed by atoms with van der Waals surface area (Å²) in [6.07, 6.45) is 0. The molecule has 3 rings (SSSR count). The molecule has 0 atom stereocenters. The maximum Gasteiger partial charge on any atom is 0.279 e. The minimum atomic E-state index is -3.61. The average Bonchev–Trinajstić information content (AvgIpc) is 3.10. The SMILES string of the molecule is CCN(CC)S(=O)(=O)c1ccc(C(=O)N=c2sc3ccc([N+](=O)[O-])cc3n2CC)cc1. The number of rotatable bonds is 7. The molecule has 0 fully saturated rings. The van der Waals surface area contributed by atoms with Crippen LogP contribution in [0.3, 0.4) is 0 Å². The molecule has 0 aliphatic rings. The highest BCUT2D eigenvalue weighted by molar-refractivity contribution is 7.89. The zero-order valence-electron chi connectivity index (χ0n) is 17.3. The maximum atomic E-state index is 12.7. The molecule has 0 unspecified atom stereocenters. The first-order chi connectivity index (χ1) is 14.7. The van der Waals surface area contributed by atoms with E-state index in [1.165, 1.54) is 52.0 Å². The number of aromatic nitrogens is 1. The van der Waals surface area contributed by atoms with Gasteiger partial charge in [-0.2, -0.15) is 9.30 Å². The Morgan fingerprint density at radius 3 is 2.32 bits per heavy atom. The van der Waals surface area contributed by atoms with Crippen LogP contribution in [0.5, 0.6) is 0 Å². The molecule has 0 bridgehead atoms. The molecular weight excluding hydrogens is 440 g/mol. The van der Waals surface area contributed by atoms with E-state index in [-0.39, 0.29) is 16.1 Å². The lowest BCUT2D eigenvalue weighted by Gasteiger charge is -2.18. The number of nitro benzene ring substituents is 1. The molecule has 0 aliphatic carbocycles. The topological polar surface area (TPSA) is 115 Å². The van der Waals surface area contributed by atoms with Gasteiger partial charge >= 0.3 is 0 Å². The molecule has 0 saturated carbocycles. The molecule has 0 radical (unpaired) electrons. The van der Waals surface area contributed by atoms with Crippen molar-refractivity contribution in [2.45, 2.75) is 32.2 Å². The van der Waals surface area contributed by atoms with E-state index in [9.17, 15) is 23.3 Å². The van der Waals surface area contributed by atoms with Crippen LogP contribution in [0.1, 0.15) is 31.1 Å². The number of hydrogen-bond acceptors (Lipinski definition) is 6. The zero-order valence-corrected chi connectivity index (χ0v) is 18.9. The first-order valence-corrected chi connectivity index (χ1v) is 12.0. The first-order valence-electron chi connectivity index (χ1n) is 9.69. The van der Waals surface area contributed by atoms with Crippen molar-refractivity contribution in [1.82, 2.24) is 8.87 Å². The quantitative estimate of drug-likeness (QED) is 0.394. The molecule has 11 heteroatoms. The molecule has 1 aromatic heterocycles. The van der Waals surface area contributed by atoms with Gasteiger partial charge in [0, 0.05) is 37.3 Å². The summed E-state index contributed by atoms with van der Waals surface area (Å²) in [5.74, 6) is -0.518. The number of aryl methyl sites for hydroxylation is 1. The fraction of sp³-hybridized carbons (Fsp3) is 0.300. The second-order valence-corrected chi connectivity index (χ2v) is 9.52. The Kier molecular flexibility index (Phi) is 6.68.